The van der Waals surface area contributed by atoms with Crippen LogP contribution in [0.5, 0.6) is 0 Å². The fourth-order valence-electron chi connectivity index (χ4n) is 1.08. The van der Waals surface area contributed by atoms with Crippen LogP contribution in [-0.2, 0) is 0 Å². The van der Waals surface area contributed by atoms with Crippen molar-refractivity contribution >= 4 is 23.1 Å². The van der Waals surface area contributed by atoms with E-state index in [1.165, 1.54) is 12.1 Å². The Kier molecular flexibility index (Phi) is 3.74. The summed E-state index contributed by atoms with van der Waals surface area (Å²) in [5, 5.41) is 2.42. The van der Waals surface area contributed by atoms with Gasteiger partial charge < -0.3 is 11.1 Å². The molecule has 5 heteroatoms. The number of carbonyl (C=O) groups excluding carboxylic acids is 1. The van der Waals surface area contributed by atoms with Gasteiger partial charge in [-0.3, -0.25) is 4.79 Å². The van der Waals surface area contributed by atoms with E-state index in [1.54, 1.807) is 13.0 Å². The molecular weight excluding hydrogens is 215 g/mol. The maximum absolute atomic E-state index is 13.2. The largest absolute Gasteiger partial charge is 0.392 e. The predicted molar refractivity (Wildman–Crippen MR) is 60.3 cm³/mol. The zero-order valence-electron chi connectivity index (χ0n) is 8.21. The molecule has 0 atom stereocenters. The minimum absolute atomic E-state index is 0.00579. The molecule has 0 fully saturated rings. The monoisotopic (exact) mass is 226 g/mol. The summed E-state index contributed by atoms with van der Waals surface area (Å²) < 4.78 is 13.2. The van der Waals surface area contributed by atoms with E-state index < -0.39 is 11.7 Å². The summed E-state index contributed by atoms with van der Waals surface area (Å²) in [4.78, 5) is 11.6. The number of aryl methyl sites for hydroxylation is 1. The van der Waals surface area contributed by atoms with Gasteiger partial charge in [0, 0.05) is 0 Å². The molecule has 0 bridgehead atoms. The molecule has 80 valence electrons. The number of nitrogens with one attached hydrogen (secondary N) is 1. The Balaban J connectivity index is 2.81. The summed E-state index contributed by atoms with van der Waals surface area (Å²) in [5.41, 5.74) is 6.03. The van der Waals surface area contributed by atoms with E-state index in [4.69, 9.17) is 5.73 Å². The number of thiocarbonyl (C=S) groups is 1. The van der Waals surface area contributed by atoms with Gasteiger partial charge in [-0.15, -0.1) is 0 Å². The van der Waals surface area contributed by atoms with Gasteiger partial charge in [-0.2, -0.15) is 0 Å². The third kappa shape index (κ3) is 3.28. The number of hydrogen-bond donors (Lipinski definition) is 2. The molecule has 0 radical (unpaired) electrons. The average molecular weight is 226 g/mol. The number of amides is 1. The Labute approximate surface area is 92.5 Å². The van der Waals surface area contributed by atoms with Gasteiger partial charge in [0.2, 0.25) is 0 Å². The highest BCUT2D eigenvalue weighted by atomic mass is 32.1. The fourth-order valence-corrected chi connectivity index (χ4v) is 1.15. The van der Waals surface area contributed by atoms with Crippen molar-refractivity contribution in [3.05, 3.63) is 35.1 Å². The normalized spacial score (nSPS) is 9.73. The van der Waals surface area contributed by atoms with Gasteiger partial charge in [-0.1, -0.05) is 23.8 Å². The third-order valence-electron chi connectivity index (χ3n) is 1.79. The highest BCUT2D eigenvalue weighted by Gasteiger charge is 2.11. The molecule has 3 nitrogen and oxygen atoms in total. The summed E-state index contributed by atoms with van der Waals surface area (Å²) in [6, 6.07) is 4.33. The molecule has 0 spiro atoms. The molecular formula is C10H11FN2OS. The van der Waals surface area contributed by atoms with E-state index in [-0.39, 0.29) is 17.1 Å². The van der Waals surface area contributed by atoms with E-state index in [0.717, 1.165) is 5.56 Å². The van der Waals surface area contributed by atoms with Gasteiger partial charge >= 0.3 is 0 Å². The average Bonchev–Trinajstić information content (AvgIpc) is 2.18. The van der Waals surface area contributed by atoms with Crippen LogP contribution in [0.3, 0.4) is 0 Å². The molecule has 0 aliphatic heterocycles. The summed E-state index contributed by atoms with van der Waals surface area (Å²) in [6.07, 6.45) is 0. The summed E-state index contributed by atoms with van der Waals surface area (Å²) >= 11 is 4.59. The number of nitrogens with two attached hydrogens (primary N) is 1. The highest BCUT2D eigenvalue weighted by Crippen LogP contribution is 2.09. The van der Waals surface area contributed by atoms with Crippen molar-refractivity contribution in [2.45, 2.75) is 6.92 Å². The lowest BCUT2D eigenvalue weighted by atomic mass is 10.1. The van der Waals surface area contributed by atoms with Crippen LogP contribution < -0.4 is 11.1 Å². The molecule has 15 heavy (non-hydrogen) atoms. The van der Waals surface area contributed by atoms with Crippen LogP contribution in [0.2, 0.25) is 0 Å². The summed E-state index contributed by atoms with van der Waals surface area (Å²) in [6.45, 7) is 1.85. The molecule has 0 saturated carbocycles. The van der Waals surface area contributed by atoms with Crippen molar-refractivity contribution in [2.24, 2.45) is 5.73 Å². The predicted octanol–water partition coefficient (Wildman–Crippen LogP) is 1.15. The number of benzene rings is 1. The van der Waals surface area contributed by atoms with Gasteiger partial charge in [0.1, 0.15) is 5.82 Å². The SMILES string of the molecule is Cc1ccc(F)c(C(=O)NCC(N)=S)c1. The van der Waals surface area contributed by atoms with Crippen LogP contribution in [0.1, 0.15) is 15.9 Å². The Morgan fingerprint density at radius 2 is 2.27 bits per heavy atom. The van der Waals surface area contributed by atoms with Crippen molar-refractivity contribution in [1.29, 1.82) is 0 Å². The first kappa shape index (κ1) is 11.6. The second-order valence-corrected chi connectivity index (χ2v) is 3.66. The first-order chi connectivity index (χ1) is 7.00. The van der Waals surface area contributed by atoms with Gasteiger partial charge in [0.05, 0.1) is 17.1 Å². The molecule has 0 heterocycles. The molecule has 1 aromatic carbocycles. The first-order valence-electron chi connectivity index (χ1n) is 4.33. The van der Waals surface area contributed by atoms with E-state index in [0.29, 0.717) is 0 Å². The zero-order valence-corrected chi connectivity index (χ0v) is 9.03. The highest BCUT2D eigenvalue weighted by molar-refractivity contribution is 7.80. The topological polar surface area (TPSA) is 55.1 Å². The van der Waals surface area contributed by atoms with Crippen LogP contribution in [0.4, 0.5) is 4.39 Å². The standard InChI is InChI=1S/C10H11FN2OS/c1-6-2-3-8(11)7(4-6)10(14)13-5-9(12)15/h2-4H,5H2,1H3,(H2,12,15)(H,13,14). The van der Waals surface area contributed by atoms with Gasteiger partial charge in [0.25, 0.3) is 5.91 Å². The van der Waals surface area contributed by atoms with Crippen LogP contribution in [-0.4, -0.2) is 17.4 Å². The van der Waals surface area contributed by atoms with Crippen molar-refractivity contribution in [1.82, 2.24) is 5.32 Å². The Morgan fingerprint density at radius 1 is 1.60 bits per heavy atom. The lowest BCUT2D eigenvalue weighted by Gasteiger charge is -2.05. The smallest absolute Gasteiger partial charge is 0.254 e. The van der Waals surface area contributed by atoms with Crippen molar-refractivity contribution in [2.75, 3.05) is 6.54 Å². The summed E-state index contributed by atoms with van der Waals surface area (Å²) in [5.74, 6) is -1.06. The number of rotatable bonds is 3. The molecule has 0 unspecified atom stereocenters. The third-order valence-corrected chi connectivity index (χ3v) is 1.93. The quantitative estimate of drug-likeness (QED) is 0.760. The van der Waals surface area contributed by atoms with Crippen LogP contribution in [0.15, 0.2) is 18.2 Å². The van der Waals surface area contributed by atoms with E-state index in [2.05, 4.69) is 17.5 Å². The molecule has 0 aliphatic carbocycles. The second kappa shape index (κ2) is 4.84. The van der Waals surface area contributed by atoms with E-state index in [9.17, 15) is 9.18 Å². The molecule has 1 aromatic rings. The van der Waals surface area contributed by atoms with Crippen LogP contribution in [0, 0.1) is 12.7 Å². The molecule has 1 rings (SSSR count). The van der Waals surface area contributed by atoms with Crippen LogP contribution >= 0.6 is 12.2 Å². The lowest BCUT2D eigenvalue weighted by molar-refractivity contribution is 0.0955. The van der Waals surface area contributed by atoms with Crippen molar-refractivity contribution < 1.29 is 9.18 Å². The second-order valence-electron chi connectivity index (χ2n) is 3.13. The fraction of sp³-hybridized carbons (Fsp3) is 0.200. The Morgan fingerprint density at radius 3 is 2.87 bits per heavy atom. The van der Waals surface area contributed by atoms with Gasteiger partial charge in [-0.05, 0) is 19.1 Å². The van der Waals surface area contributed by atoms with Crippen molar-refractivity contribution in [3.63, 3.8) is 0 Å². The van der Waals surface area contributed by atoms with Crippen molar-refractivity contribution in [3.8, 4) is 0 Å². The molecule has 0 aromatic heterocycles. The van der Waals surface area contributed by atoms with E-state index >= 15 is 0 Å². The zero-order chi connectivity index (χ0) is 11.4. The number of carbonyl (C=O) groups is 1. The first-order valence-corrected chi connectivity index (χ1v) is 4.74. The minimum Gasteiger partial charge on any atom is -0.392 e. The lowest BCUT2D eigenvalue weighted by Crippen LogP contribution is -2.32. The maximum atomic E-state index is 13.2. The number of hydrogen-bond acceptors (Lipinski definition) is 2. The van der Waals surface area contributed by atoms with E-state index in [1.807, 2.05) is 0 Å². The molecule has 0 saturated heterocycles. The maximum Gasteiger partial charge on any atom is 0.254 e. The molecule has 0 aliphatic rings. The minimum atomic E-state index is -0.555. The summed E-state index contributed by atoms with van der Waals surface area (Å²) in [7, 11) is 0. The van der Waals surface area contributed by atoms with Gasteiger partial charge in [-0.25, -0.2) is 4.39 Å². The van der Waals surface area contributed by atoms with Crippen LogP contribution in [0.25, 0.3) is 0 Å². The Hall–Kier alpha value is -1.49. The van der Waals surface area contributed by atoms with Gasteiger partial charge in [0.15, 0.2) is 0 Å². The molecule has 1 amide bonds. The Bertz CT molecular complexity index is 406. The number of halogens is 1. The molecule has 3 N–H and O–H groups in total.